The summed E-state index contributed by atoms with van der Waals surface area (Å²) in [6, 6.07) is 12.3. The van der Waals surface area contributed by atoms with E-state index in [2.05, 4.69) is 20.0 Å². The van der Waals surface area contributed by atoms with E-state index in [1.54, 1.807) is 35.9 Å². The number of nitrogens with zero attached hydrogens (tertiary/aromatic N) is 5. The molecule has 0 aliphatic carbocycles. The number of amides is 1. The van der Waals surface area contributed by atoms with Crippen LogP contribution in [0.3, 0.4) is 0 Å². The van der Waals surface area contributed by atoms with Crippen LogP contribution in [0.2, 0.25) is 0 Å². The van der Waals surface area contributed by atoms with Gasteiger partial charge in [0.05, 0.1) is 21.2 Å². The molecule has 1 saturated heterocycles. The van der Waals surface area contributed by atoms with Crippen molar-refractivity contribution >= 4 is 22.1 Å². The molecule has 2 heterocycles. The normalized spacial score (nSPS) is 14.2. The Morgan fingerprint density at radius 2 is 1.79 bits per heavy atom. The molecule has 1 N–H and O–H groups in total. The number of carbonyl (C=O) groups is 2. The first-order valence-corrected chi connectivity index (χ1v) is 14.0. The smallest absolute Gasteiger partial charge is 0.435 e. The molecule has 0 atom stereocenters. The van der Waals surface area contributed by atoms with Gasteiger partial charge in [0.25, 0.3) is 16.8 Å². The molecule has 1 fully saturated rings. The minimum Gasteiger partial charge on any atom is -0.569 e. The van der Waals surface area contributed by atoms with Gasteiger partial charge in [0.2, 0.25) is 5.28 Å². The fraction of sp³-hybridized carbons (Fsp3) is 0.320. The third kappa shape index (κ3) is 7.70. The van der Waals surface area contributed by atoms with Crippen LogP contribution in [0.15, 0.2) is 64.8 Å². The zero-order valence-electron chi connectivity index (χ0n) is 22.6. The number of aryl methyl sites for hydroxylation is 1. The summed E-state index contributed by atoms with van der Waals surface area (Å²) in [7, 11) is -4.43. The highest BCUT2D eigenvalue weighted by atomic mass is 32.2. The molecular weight excluding hydrogens is 601 g/mol. The quantitative estimate of drug-likeness (QED) is 0.0875. The molecule has 43 heavy (non-hydrogen) atoms. The van der Waals surface area contributed by atoms with Gasteiger partial charge in [0, 0.05) is 12.0 Å². The molecule has 0 radical (unpaired) electrons. The molecule has 1 amide bonds. The number of hydrazine groups is 1. The van der Waals surface area contributed by atoms with Crippen molar-refractivity contribution in [3.05, 3.63) is 71.1 Å². The highest BCUT2D eigenvalue weighted by Crippen LogP contribution is 2.33. The monoisotopic (exact) mass is 626 g/mol. The Balaban J connectivity index is 1.37. The van der Waals surface area contributed by atoms with Gasteiger partial charge < -0.3 is 19.5 Å². The second-order valence-corrected chi connectivity index (χ2v) is 10.8. The molecule has 2 aromatic carbocycles. The maximum absolute atomic E-state index is 13.4. The van der Waals surface area contributed by atoms with Crippen molar-refractivity contribution in [2.45, 2.75) is 37.4 Å². The van der Waals surface area contributed by atoms with Gasteiger partial charge in [0.15, 0.2) is 5.69 Å². The van der Waals surface area contributed by atoms with E-state index in [0.717, 1.165) is 33.5 Å². The Bertz CT molecular complexity index is 1600. The number of benzene rings is 2. The van der Waals surface area contributed by atoms with Crippen LogP contribution >= 0.6 is 0 Å². The van der Waals surface area contributed by atoms with E-state index in [1.807, 2.05) is 6.92 Å². The van der Waals surface area contributed by atoms with Crippen LogP contribution in [-0.4, -0.2) is 66.2 Å². The predicted molar refractivity (Wildman–Crippen MR) is 139 cm³/mol. The van der Waals surface area contributed by atoms with Crippen LogP contribution in [0, 0.1) is 12.1 Å². The van der Waals surface area contributed by atoms with Crippen LogP contribution < -0.4 is 4.72 Å². The zero-order chi connectivity index (χ0) is 31.4. The molecule has 4 rings (SSSR count). The van der Waals surface area contributed by atoms with E-state index < -0.39 is 46.9 Å². The zero-order valence-corrected chi connectivity index (χ0v) is 23.5. The predicted octanol–water partition coefficient (Wildman–Crippen LogP) is 3.69. The number of ether oxygens (including phenoxy) is 2. The van der Waals surface area contributed by atoms with Crippen molar-refractivity contribution in [1.82, 2.24) is 19.5 Å². The fourth-order valence-corrected chi connectivity index (χ4v) is 4.59. The van der Waals surface area contributed by atoms with Crippen LogP contribution in [0.5, 0.6) is 0 Å². The number of rotatable bonds is 10. The first-order valence-electron chi connectivity index (χ1n) is 12.6. The van der Waals surface area contributed by atoms with Crippen LogP contribution in [0.4, 0.5) is 18.0 Å². The van der Waals surface area contributed by atoms with Crippen molar-refractivity contribution in [1.29, 1.82) is 0 Å². The summed E-state index contributed by atoms with van der Waals surface area (Å²) in [6.45, 7) is 2.59. The van der Waals surface area contributed by atoms with E-state index in [4.69, 9.17) is 4.74 Å². The summed E-state index contributed by atoms with van der Waals surface area (Å²) < 4.78 is 78.1. The number of esters is 1. The molecule has 0 bridgehead atoms. The van der Waals surface area contributed by atoms with E-state index in [9.17, 15) is 36.4 Å². The number of halogens is 3. The summed E-state index contributed by atoms with van der Waals surface area (Å²) in [5, 5.41) is 19.7. The lowest BCUT2D eigenvalue weighted by Gasteiger charge is -2.33. The number of carbonyl (C=O) groups excluding carboxylic acids is 2. The first-order chi connectivity index (χ1) is 20.3. The molecular formula is C25H25F3N6O8S. The highest BCUT2D eigenvalue weighted by molar-refractivity contribution is 7.90. The molecule has 1 aliphatic heterocycles. The SMILES string of the molecule is CCC(=O)OCO/N=[N+](/[O-])N1CC(OC(=O)NS(=O)(=O)c2ccc(-n3nc(C(F)(F)F)cc3-c3ccc(C)cc3)cc2)C1. The number of hydrogen-bond acceptors (Lipinski definition) is 10. The standard InChI is InChI=1S/C25H25F3N6O8S/c1-3-23(35)40-15-41-31-34(37)32-13-19(14-32)42-24(36)30-43(38,39)20-10-8-18(9-11-20)33-21(12-22(29-33)25(26,27)28)17-6-4-16(2)5-7-17/h4-12,19H,3,13-15H2,1-2H3,(H,30,36)/b34-31+. The van der Waals surface area contributed by atoms with Gasteiger partial charge in [0.1, 0.15) is 19.2 Å². The average Bonchev–Trinajstić information content (AvgIpc) is 3.39. The summed E-state index contributed by atoms with van der Waals surface area (Å²) in [5.41, 5.74) is 0.514. The van der Waals surface area contributed by atoms with Gasteiger partial charge in [-0.25, -0.2) is 22.6 Å². The molecule has 3 aromatic rings. The van der Waals surface area contributed by atoms with Gasteiger partial charge in [-0.2, -0.15) is 18.3 Å². The van der Waals surface area contributed by atoms with Gasteiger partial charge in [-0.05, 0) is 37.3 Å². The molecule has 1 aromatic heterocycles. The van der Waals surface area contributed by atoms with Crippen molar-refractivity contribution in [2.75, 3.05) is 19.9 Å². The van der Waals surface area contributed by atoms with Crippen molar-refractivity contribution in [3.63, 3.8) is 0 Å². The molecule has 0 unspecified atom stereocenters. The maximum Gasteiger partial charge on any atom is 0.435 e. The molecule has 18 heteroatoms. The largest absolute Gasteiger partial charge is 0.569 e. The third-order valence-corrected chi connectivity index (χ3v) is 7.32. The lowest BCUT2D eigenvalue weighted by atomic mass is 10.1. The summed E-state index contributed by atoms with van der Waals surface area (Å²) in [4.78, 5) is 27.4. The Morgan fingerprint density at radius 1 is 1.14 bits per heavy atom. The van der Waals surface area contributed by atoms with Gasteiger partial charge in [-0.3, -0.25) is 4.79 Å². The lowest BCUT2D eigenvalue weighted by Crippen LogP contribution is -2.56. The van der Waals surface area contributed by atoms with E-state index in [1.165, 1.54) is 12.1 Å². The summed E-state index contributed by atoms with van der Waals surface area (Å²) in [5.74, 6) is -0.549. The number of aromatic nitrogens is 2. The van der Waals surface area contributed by atoms with Crippen LogP contribution in [0.1, 0.15) is 24.6 Å². The summed E-state index contributed by atoms with van der Waals surface area (Å²) in [6.07, 6.45) is -6.75. The van der Waals surface area contributed by atoms with E-state index >= 15 is 0 Å². The van der Waals surface area contributed by atoms with Crippen LogP contribution in [0.25, 0.3) is 16.9 Å². The molecule has 0 spiro atoms. The van der Waals surface area contributed by atoms with E-state index in [-0.39, 0.29) is 40.8 Å². The van der Waals surface area contributed by atoms with Crippen molar-refractivity contribution < 1.29 is 50.5 Å². The second kappa shape index (κ2) is 12.6. The number of hydrogen-bond donors (Lipinski definition) is 1. The topological polar surface area (TPSA) is 167 Å². The second-order valence-electron chi connectivity index (χ2n) is 9.14. The molecule has 1 aliphatic rings. The Labute approximate surface area is 242 Å². The first kappa shape index (κ1) is 31.1. The van der Waals surface area contributed by atoms with E-state index in [0.29, 0.717) is 5.56 Å². The summed E-state index contributed by atoms with van der Waals surface area (Å²) >= 11 is 0. The Hall–Kier alpha value is -4.87. The van der Waals surface area contributed by atoms with Gasteiger partial charge in [-0.15, -0.1) is 5.01 Å². The minimum atomic E-state index is -4.71. The average molecular weight is 627 g/mol. The van der Waals surface area contributed by atoms with Crippen molar-refractivity contribution in [2.24, 2.45) is 5.28 Å². The van der Waals surface area contributed by atoms with Crippen LogP contribution in [-0.2, 0) is 35.3 Å². The number of sulfonamides is 1. The third-order valence-electron chi connectivity index (χ3n) is 5.99. The number of alkyl halides is 3. The van der Waals surface area contributed by atoms with Gasteiger partial charge >= 0.3 is 18.2 Å². The Kier molecular flexibility index (Phi) is 9.07. The van der Waals surface area contributed by atoms with Crippen molar-refractivity contribution in [3.8, 4) is 16.9 Å². The molecule has 0 saturated carbocycles. The lowest BCUT2D eigenvalue weighted by molar-refractivity contribution is -0.727. The fourth-order valence-electron chi connectivity index (χ4n) is 3.71. The molecule has 230 valence electrons. The molecule has 14 nitrogen and oxygen atoms in total. The highest BCUT2D eigenvalue weighted by Gasteiger charge is 2.37. The van der Waals surface area contributed by atoms with Gasteiger partial charge in [-0.1, -0.05) is 36.8 Å². The minimum absolute atomic E-state index is 0.0529. The maximum atomic E-state index is 13.4. The Morgan fingerprint density at radius 3 is 2.40 bits per heavy atom. The number of nitrogens with one attached hydrogen (secondary N) is 1.